The Morgan fingerprint density at radius 3 is 3.04 bits per heavy atom. The lowest BCUT2D eigenvalue weighted by atomic mass is 9.87. The molecule has 2 aliphatic rings. The monoisotopic (exact) mass is 401 g/mol. The molecule has 1 aromatic heterocycles. The van der Waals surface area contributed by atoms with Gasteiger partial charge in [-0.15, -0.1) is 11.3 Å². The highest BCUT2D eigenvalue weighted by atomic mass is 32.2. The zero-order valence-electron chi connectivity index (χ0n) is 15.1. The van der Waals surface area contributed by atoms with Gasteiger partial charge in [-0.05, 0) is 31.2 Å². The summed E-state index contributed by atoms with van der Waals surface area (Å²) >= 11 is 1.17. The molecule has 7 nitrogen and oxygen atoms in total. The van der Waals surface area contributed by atoms with Gasteiger partial charge >= 0.3 is 0 Å². The molecule has 9 heteroatoms. The summed E-state index contributed by atoms with van der Waals surface area (Å²) in [5.41, 5.74) is 0.220. The third-order valence-electron chi connectivity index (χ3n) is 4.92. The number of sulfone groups is 1. The lowest BCUT2D eigenvalue weighted by Gasteiger charge is -2.25. The highest BCUT2D eigenvalue weighted by molar-refractivity contribution is 7.93. The average molecular weight is 402 g/mol. The van der Waals surface area contributed by atoms with E-state index in [9.17, 15) is 13.5 Å². The SMILES string of the molecule is CCNC(=NCC(O)CS(=O)(=O)c1cccs1)N1CCC2(CCOC2)C1. The van der Waals surface area contributed by atoms with Crippen molar-refractivity contribution >= 4 is 27.1 Å². The molecule has 26 heavy (non-hydrogen) atoms. The van der Waals surface area contributed by atoms with Crippen LogP contribution in [0.2, 0.25) is 0 Å². The number of thiophene rings is 1. The fourth-order valence-electron chi connectivity index (χ4n) is 3.53. The summed E-state index contributed by atoms with van der Waals surface area (Å²) in [5.74, 6) is 0.428. The standard InChI is InChI=1S/C17H27N3O4S2/c1-2-18-16(20-7-5-17(12-20)6-8-24-13-17)19-10-14(21)11-26(22,23)15-4-3-9-25-15/h3-4,9,14,21H,2,5-8,10-13H2,1H3,(H,18,19). The van der Waals surface area contributed by atoms with Crippen LogP contribution in [0.3, 0.4) is 0 Å². The summed E-state index contributed by atoms with van der Waals surface area (Å²) < 4.78 is 30.4. The minimum absolute atomic E-state index is 0.0624. The fraction of sp³-hybridized carbons (Fsp3) is 0.706. The summed E-state index contributed by atoms with van der Waals surface area (Å²) in [7, 11) is -3.46. The van der Waals surface area contributed by atoms with Crippen LogP contribution in [0.1, 0.15) is 19.8 Å². The molecule has 2 aliphatic heterocycles. The zero-order valence-corrected chi connectivity index (χ0v) is 16.7. The highest BCUT2D eigenvalue weighted by Crippen LogP contribution is 2.38. The molecule has 1 aromatic rings. The van der Waals surface area contributed by atoms with Gasteiger partial charge in [0, 0.05) is 31.7 Å². The van der Waals surface area contributed by atoms with E-state index >= 15 is 0 Å². The Kier molecular flexibility index (Phi) is 6.21. The lowest BCUT2D eigenvalue weighted by Crippen LogP contribution is -2.42. The predicted molar refractivity (Wildman–Crippen MR) is 102 cm³/mol. The molecule has 2 fully saturated rings. The Morgan fingerprint density at radius 1 is 1.54 bits per heavy atom. The molecular weight excluding hydrogens is 374 g/mol. The average Bonchev–Trinajstić information content (AvgIpc) is 3.35. The Morgan fingerprint density at radius 2 is 2.38 bits per heavy atom. The van der Waals surface area contributed by atoms with E-state index in [1.165, 1.54) is 11.3 Å². The number of nitrogens with zero attached hydrogens (tertiary/aromatic N) is 2. The summed E-state index contributed by atoms with van der Waals surface area (Å²) in [6.45, 7) is 6.19. The third-order valence-corrected chi connectivity index (χ3v) is 8.21. The molecule has 1 spiro atoms. The number of aliphatic hydroxyl groups is 1. The van der Waals surface area contributed by atoms with Crippen LogP contribution < -0.4 is 5.32 Å². The molecule has 2 atom stereocenters. The maximum absolute atomic E-state index is 12.3. The summed E-state index contributed by atoms with van der Waals surface area (Å²) in [6.07, 6.45) is 1.12. The molecule has 3 rings (SSSR count). The van der Waals surface area contributed by atoms with Crippen LogP contribution in [0.25, 0.3) is 0 Å². The number of guanidine groups is 1. The summed E-state index contributed by atoms with van der Waals surface area (Å²) in [5, 5.41) is 15.2. The number of rotatable bonds is 6. The number of likely N-dealkylation sites (tertiary alicyclic amines) is 1. The van der Waals surface area contributed by atoms with E-state index in [0.29, 0.717) is 0 Å². The minimum atomic E-state index is -3.46. The first-order valence-corrected chi connectivity index (χ1v) is 11.5. The van der Waals surface area contributed by atoms with Gasteiger partial charge in [-0.2, -0.15) is 0 Å². The molecule has 146 valence electrons. The second kappa shape index (κ2) is 8.24. The second-order valence-corrected chi connectivity index (χ2v) is 10.2. The first-order valence-electron chi connectivity index (χ1n) is 8.99. The first kappa shape index (κ1) is 19.6. The summed E-state index contributed by atoms with van der Waals surface area (Å²) in [4.78, 5) is 6.69. The van der Waals surface area contributed by atoms with Crippen molar-refractivity contribution in [2.75, 3.05) is 45.1 Å². The van der Waals surface area contributed by atoms with E-state index in [-0.39, 0.29) is 21.9 Å². The first-order chi connectivity index (χ1) is 12.4. The molecule has 2 unspecified atom stereocenters. The van der Waals surface area contributed by atoms with Crippen molar-refractivity contribution in [2.24, 2.45) is 10.4 Å². The smallest absolute Gasteiger partial charge is 0.194 e. The number of ether oxygens (including phenoxy) is 1. The Labute approximate surface area is 159 Å². The summed E-state index contributed by atoms with van der Waals surface area (Å²) in [6, 6.07) is 3.26. The van der Waals surface area contributed by atoms with Crippen molar-refractivity contribution in [1.82, 2.24) is 10.2 Å². The van der Waals surface area contributed by atoms with Gasteiger partial charge in [-0.25, -0.2) is 8.42 Å². The van der Waals surface area contributed by atoms with Crippen LogP contribution in [-0.2, 0) is 14.6 Å². The normalized spacial score (nSPS) is 25.2. The molecule has 0 aromatic carbocycles. The van der Waals surface area contributed by atoms with Crippen LogP contribution in [-0.4, -0.2) is 75.6 Å². The van der Waals surface area contributed by atoms with Crippen molar-refractivity contribution in [3.05, 3.63) is 17.5 Å². The van der Waals surface area contributed by atoms with Gasteiger partial charge in [0.1, 0.15) is 4.21 Å². The number of nitrogens with one attached hydrogen (secondary N) is 1. The van der Waals surface area contributed by atoms with Gasteiger partial charge in [0.05, 0.1) is 25.0 Å². The van der Waals surface area contributed by atoms with Crippen LogP contribution in [0.15, 0.2) is 26.7 Å². The van der Waals surface area contributed by atoms with Gasteiger partial charge in [0.15, 0.2) is 15.8 Å². The maximum Gasteiger partial charge on any atom is 0.194 e. The largest absolute Gasteiger partial charge is 0.390 e. The molecule has 2 N–H and O–H groups in total. The quantitative estimate of drug-likeness (QED) is 0.545. The van der Waals surface area contributed by atoms with Gasteiger partial charge in [0.2, 0.25) is 0 Å². The highest BCUT2D eigenvalue weighted by Gasteiger charge is 2.42. The van der Waals surface area contributed by atoms with E-state index in [0.717, 1.165) is 51.6 Å². The molecule has 3 heterocycles. The molecular formula is C17H27N3O4S2. The fourth-order valence-corrected chi connectivity index (χ4v) is 6.00. The van der Waals surface area contributed by atoms with Crippen LogP contribution in [0, 0.1) is 5.41 Å². The number of hydrogen-bond acceptors (Lipinski definition) is 6. The molecule has 0 bridgehead atoms. The van der Waals surface area contributed by atoms with Crippen molar-refractivity contribution < 1.29 is 18.3 Å². The van der Waals surface area contributed by atoms with Crippen LogP contribution in [0.5, 0.6) is 0 Å². The molecule has 2 saturated heterocycles. The zero-order chi connectivity index (χ0) is 18.6. The van der Waals surface area contributed by atoms with Crippen molar-refractivity contribution in [1.29, 1.82) is 0 Å². The topological polar surface area (TPSA) is 91.2 Å². The van der Waals surface area contributed by atoms with Crippen molar-refractivity contribution in [3.8, 4) is 0 Å². The number of aliphatic hydroxyl groups excluding tert-OH is 1. The van der Waals surface area contributed by atoms with E-state index < -0.39 is 15.9 Å². The molecule has 0 radical (unpaired) electrons. The third kappa shape index (κ3) is 4.57. The Hall–Kier alpha value is -1.16. The van der Waals surface area contributed by atoms with Crippen molar-refractivity contribution in [2.45, 2.75) is 30.1 Å². The number of aliphatic imine (C=N–C) groups is 1. The molecule has 0 amide bonds. The van der Waals surface area contributed by atoms with Crippen molar-refractivity contribution in [3.63, 3.8) is 0 Å². The molecule has 0 saturated carbocycles. The van der Waals surface area contributed by atoms with E-state index in [4.69, 9.17) is 4.74 Å². The molecule has 0 aliphatic carbocycles. The van der Waals surface area contributed by atoms with Crippen LogP contribution >= 0.6 is 11.3 Å². The van der Waals surface area contributed by atoms with E-state index in [2.05, 4.69) is 15.2 Å². The second-order valence-electron chi connectivity index (χ2n) is 7.04. The number of hydrogen-bond donors (Lipinski definition) is 2. The predicted octanol–water partition coefficient (Wildman–Crippen LogP) is 0.961. The van der Waals surface area contributed by atoms with Gasteiger partial charge in [-0.3, -0.25) is 4.99 Å². The van der Waals surface area contributed by atoms with Gasteiger partial charge < -0.3 is 20.1 Å². The minimum Gasteiger partial charge on any atom is -0.390 e. The maximum atomic E-state index is 12.3. The van der Waals surface area contributed by atoms with Gasteiger partial charge in [0.25, 0.3) is 0 Å². The lowest BCUT2D eigenvalue weighted by molar-refractivity contribution is 0.156. The van der Waals surface area contributed by atoms with Gasteiger partial charge in [-0.1, -0.05) is 6.07 Å². The Bertz CT molecular complexity index is 712. The van der Waals surface area contributed by atoms with E-state index in [1.807, 2.05) is 6.92 Å². The Balaban J connectivity index is 1.60. The van der Waals surface area contributed by atoms with E-state index in [1.54, 1.807) is 17.5 Å². The van der Waals surface area contributed by atoms with Crippen LogP contribution in [0.4, 0.5) is 0 Å².